The van der Waals surface area contributed by atoms with Crippen molar-refractivity contribution in [2.75, 3.05) is 13.7 Å². The zero-order valence-corrected chi connectivity index (χ0v) is 13.6. The number of aromatic nitrogens is 1. The van der Waals surface area contributed by atoms with E-state index in [0.29, 0.717) is 18.0 Å². The minimum absolute atomic E-state index is 0.141. The van der Waals surface area contributed by atoms with Gasteiger partial charge in [0.25, 0.3) is 5.91 Å². The molecule has 1 heterocycles. The van der Waals surface area contributed by atoms with Crippen LogP contribution in [-0.2, 0) is 12.8 Å². The second-order valence-electron chi connectivity index (χ2n) is 5.82. The predicted molar refractivity (Wildman–Crippen MR) is 87.8 cm³/mol. The van der Waals surface area contributed by atoms with Crippen LogP contribution in [0.2, 0.25) is 0 Å². The highest BCUT2D eigenvalue weighted by atomic mass is 16.5. The number of carbonyl (C=O) groups is 1. The number of ether oxygens (including phenoxy) is 1. The topological polar surface area (TPSA) is 64.4 Å². The van der Waals surface area contributed by atoms with Gasteiger partial charge in [0.15, 0.2) is 11.5 Å². The first-order valence-electron chi connectivity index (χ1n) is 8.18. The highest BCUT2D eigenvalue weighted by Gasteiger charge is 2.27. The van der Waals surface area contributed by atoms with Gasteiger partial charge in [-0.25, -0.2) is 0 Å². The summed E-state index contributed by atoms with van der Waals surface area (Å²) < 4.78 is 10.8. The molecule has 0 atom stereocenters. The van der Waals surface area contributed by atoms with Gasteiger partial charge in [0.1, 0.15) is 5.75 Å². The van der Waals surface area contributed by atoms with Crippen molar-refractivity contribution < 1.29 is 14.1 Å². The maximum absolute atomic E-state index is 12.3. The highest BCUT2D eigenvalue weighted by molar-refractivity contribution is 5.95. The number of methoxy groups -OCH3 is 1. The Kier molecular flexibility index (Phi) is 4.65. The molecule has 0 bridgehead atoms. The molecule has 23 heavy (non-hydrogen) atoms. The van der Waals surface area contributed by atoms with Crippen molar-refractivity contribution in [2.45, 2.75) is 39.0 Å². The third-order valence-corrected chi connectivity index (χ3v) is 4.28. The molecule has 0 fully saturated rings. The quantitative estimate of drug-likeness (QED) is 0.830. The number of unbranched alkanes of at least 4 members (excludes halogenated alkanes) is 2. The summed E-state index contributed by atoms with van der Waals surface area (Å²) in [6.45, 7) is 2.82. The molecule has 0 radical (unpaired) electrons. The molecule has 0 spiro atoms. The maximum atomic E-state index is 12.3. The minimum Gasteiger partial charge on any atom is -0.497 e. The van der Waals surface area contributed by atoms with Gasteiger partial charge in [-0.1, -0.05) is 31.0 Å². The summed E-state index contributed by atoms with van der Waals surface area (Å²) in [7, 11) is 1.64. The Labute approximate surface area is 136 Å². The average Bonchev–Trinajstić information content (AvgIpc) is 3.02. The van der Waals surface area contributed by atoms with Gasteiger partial charge < -0.3 is 14.6 Å². The van der Waals surface area contributed by atoms with Crippen LogP contribution in [0.25, 0.3) is 11.3 Å². The van der Waals surface area contributed by atoms with E-state index in [1.54, 1.807) is 7.11 Å². The van der Waals surface area contributed by atoms with Crippen molar-refractivity contribution in [1.82, 2.24) is 10.5 Å². The molecule has 5 heteroatoms. The number of hydrogen-bond donors (Lipinski definition) is 1. The van der Waals surface area contributed by atoms with Gasteiger partial charge >= 0.3 is 0 Å². The van der Waals surface area contributed by atoms with Crippen molar-refractivity contribution in [1.29, 1.82) is 0 Å². The normalized spacial score (nSPS) is 12.4. The largest absolute Gasteiger partial charge is 0.497 e. The Morgan fingerprint density at radius 2 is 2.22 bits per heavy atom. The van der Waals surface area contributed by atoms with Crippen molar-refractivity contribution in [3.05, 3.63) is 35.0 Å². The third kappa shape index (κ3) is 3.09. The number of rotatable bonds is 6. The molecule has 1 aromatic carbocycles. The molecule has 0 saturated carbocycles. The molecule has 1 N–H and O–H groups in total. The van der Waals surface area contributed by atoms with E-state index >= 15 is 0 Å². The fraction of sp³-hybridized carbons (Fsp3) is 0.444. The molecule has 2 aromatic rings. The zero-order chi connectivity index (χ0) is 16.2. The van der Waals surface area contributed by atoms with Crippen LogP contribution in [0, 0.1) is 0 Å². The summed E-state index contributed by atoms with van der Waals surface area (Å²) in [4.78, 5) is 12.3. The Bertz CT molecular complexity index is 706. The summed E-state index contributed by atoms with van der Waals surface area (Å²) in [6.07, 6.45) is 4.89. The Morgan fingerprint density at radius 1 is 1.35 bits per heavy atom. The summed E-state index contributed by atoms with van der Waals surface area (Å²) in [6, 6.07) is 5.94. The number of nitrogens with one attached hydrogen (secondary N) is 1. The molecular weight excluding hydrogens is 292 g/mol. The highest BCUT2D eigenvalue weighted by Crippen LogP contribution is 2.37. The van der Waals surface area contributed by atoms with Crippen LogP contribution in [0.1, 0.15) is 47.8 Å². The van der Waals surface area contributed by atoms with E-state index < -0.39 is 0 Å². The lowest BCUT2D eigenvalue weighted by molar-refractivity contribution is 0.0943. The number of aryl methyl sites for hydroxylation is 1. The van der Waals surface area contributed by atoms with Crippen LogP contribution in [0.4, 0.5) is 0 Å². The van der Waals surface area contributed by atoms with Gasteiger partial charge in [-0.05, 0) is 37.0 Å². The lowest BCUT2D eigenvalue weighted by Crippen LogP contribution is -2.26. The maximum Gasteiger partial charge on any atom is 0.273 e. The number of hydrogen-bond acceptors (Lipinski definition) is 4. The van der Waals surface area contributed by atoms with Crippen LogP contribution in [0.3, 0.4) is 0 Å². The fourth-order valence-corrected chi connectivity index (χ4v) is 2.96. The van der Waals surface area contributed by atoms with Crippen LogP contribution >= 0.6 is 0 Å². The predicted octanol–water partition coefficient (Wildman–Crippen LogP) is 3.37. The smallest absolute Gasteiger partial charge is 0.273 e. The first kappa shape index (κ1) is 15.6. The van der Waals surface area contributed by atoms with E-state index in [4.69, 9.17) is 9.26 Å². The monoisotopic (exact) mass is 314 g/mol. The standard InChI is InChI=1S/C18H22N2O3/c1-3-4-5-10-19-18(21)16-14-9-7-12-6-8-13(22-2)11-15(12)17(14)23-20-16/h6,8,11H,3-5,7,9-10H2,1-2H3,(H,19,21). The van der Waals surface area contributed by atoms with E-state index in [1.165, 1.54) is 5.56 Å². The van der Waals surface area contributed by atoms with Crippen molar-refractivity contribution >= 4 is 5.91 Å². The fourth-order valence-electron chi connectivity index (χ4n) is 2.96. The molecule has 0 aliphatic heterocycles. The first-order valence-corrected chi connectivity index (χ1v) is 8.18. The molecule has 1 aliphatic carbocycles. The molecule has 3 rings (SSSR count). The van der Waals surface area contributed by atoms with Crippen molar-refractivity contribution in [3.8, 4) is 17.1 Å². The van der Waals surface area contributed by atoms with Gasteiger partial charge in [-0.3, -0.25) is 4.79 Å². The molecule has 1 aromatic heterocycles. The van der Waals surface area contributed by atoms with Crippen molar-refractivity contribution in [3.63, 3.8) is 0 Å². The average molecular weight is 314 g/mol. The van der Waals surface area contributed by atoms with Gasteiger partial charge in [-0.15, -0.1) is 0 Å². The van der Waals surface area contributed by atoms with Crippen LogP contribution < -0.4 is 10.1 Å². The van der Waals surface area contributed by atoms with Gasteiger partial charge in [0.05, 0.1) is 7.11 Å². The SMILES string of the molecule is CCCCCNC(=O)c1noc2c1CCc1ccc(OC)cc1-2. The zero-order valence-electron chi connectivity index (χ0n) is 13.6. The molecular formula is C18H22N2O3. The molecule has 5 nitrogen and oxygen atoms in total. The molecule has 122 valence electrons. The minimum atomic E-state index is -0.141. The first-order chi connectivity index (χ1) is 11.2. The van der Waals surface area contributed by atoms with Crippen LogP contribution in [0.5, 0.6) is 5.75 Å². The number of fused-ring (bicyclic) bond motifs is 3. The Balaban J connectivity index is 1.82. The second kappa shape index (κ2) is 6.86. The van der Waals surface area contributed by atoms with E-state index in [1.807, 2.05) is 18.2 Å². The van der Waals surface area contributed by atoms with Gasteiger partial charge in [0, 0.05) is 17.7 Å². The number of carbonyl (C=O) groups excluding carboxylic acids is 1. The van der Waals surface area contributed by atoms with Crippen LogP contribution in [0.15, 0.2) is 22.7 Å². The van der Waals surface area contributed by atoms with E-state index in [9.17, 15) is 4.79 Å². The van der Waals surface area contributed by atoms with Gasteiger partial charge in [-0.2, -0.15) is 0 Å². The summed E-state index contributed by atoms with van der Waals surface area (Å²) >= 11 is 0. The number of nitrogens with zero attached hydrogens (tertiary/aromatic N) is 1. The van der Waals surface area contributed by atoms with E-state index in [2.05, 4.69) is 17.4 Å². The van der Waals surface area contributed by atoms with Gasteiger partial charge in [0.2, 0.25) is 0 Å². The van der Waals surface area contributed by atoms with E-state index in [0.717, 1.165) is 49.0 Å². The summed E-state index contributed by atoms with van der Waals surface area (Å²) in [5.41, 5.74) is 3.50. The summed E-state index contributed by atoms with van der Waals surface area (Å²) in [5, 5.41) is 6.95. The molecule has 1 aliphatic rings. The second-order valence-corrected chi connectivity index (χ2v) is 5.82. The molecule has 0 saturated heterocycles. The molecule has 0 unspecified atom stereocenters. The lowest BCUT2D eigenvalue weighted by atomic mass is 9.89. The Morgan fingerprint density at radius 3 is 3.00 bits per heavy atom. The van der Waals surface area contributed by atoms with Crippen molar-refractivity contribution in [2.24, 2.45) is 0 Å². The third-order valence-electron chi connectivity index (χ3n) is 4.28. The number of benzene rings is 1. The molecule has 1 amide bonds. The lowest BCUT2D eigenvalue weighted by Gasteiger charge is -2.15. The Hall–Kier alpha value is -2.30. The number of amides is 1. The van der Waals surface area contributed by atoms with E-state index in [-0.39, 0.29) is 5.91 Å². The van der Waals surface area contributed by atoms with Crippen LogP contribution in [-0.4, -0.2) is 24.7 Å². The summed E-state index contributed by atoms with van der Waals surface area (Å²) in [5.74, 6) is 1.33.